The second kappa shape index (κ2) is 4.64. The molecule has 0 unspecified atom stereocenters. The van der Waals surface area contributed by atoms with Gasteiger partial charge < -0.3 is 4.74 Å². The molecule has 0 aliphatic heterocycles. The molecular formula is C8H5BrCl2F2O. The molecule has 0 bridgehead atoms. The number of hydrogen-bond acceptors (Lipinski definition) is 1. The Morgan fingerprint density at radius 1 is 1.21 bits per heavy atom. The van der Waals surface area contributed by atoms with Gasteiger partial charge in [-0.1, -0.05) is 39.1 Å². The van der Waals surface area contributed by atoms with E-state index in [0.29, 0.717) is 0 Å². The molecule has 14 heavy (non-hydrogen) atoms. The van der Waals surface area contributed by atoms with Crippen LogP contribution in [-0.2, 0) is 0 Å². The predicted octanol–water partition coefficient (Wildman–Crippen LogP) is 4.22. The van der Waals surface area contributed by atoms with Gasteiger partial charge in [-0.15, -0.1) is 0 Å². The van der Waals surface area contributed by atoms with E-state index < -0.39 is 10.9 Å². The maximum Gasteiger partial charge on any atom is 0.428 e. The van der Waals surface area contributed by atoms with Gasteiger partial charge in [0, 0.05) is 4.47 Å². The minimum atomic E-state index is -3.59. The Balaban J connectivity index is 2.74. The molecule has 0 fully saturated rings. The number of halogens is 5. The highest BCUT2D eigenvalue weighted by Crippen LogP contribution is 2.30. The first-order valence-electron chi connectivity index (χ1n) is 3.52. The Hall–Kier alpha value is -0.0600. The van der Waals surface area contributed by atoms with Crippen LogP contribution in [0.3, 0.4) is 0 Å². The van der Waals surface area contributed by atoms with Crippen molar-refractivity contribution in [2.45, 2.75) is 10.9 Å². The van der Waals surface area contributed by atoms with Gasteiger partial charge in [-0.2, -0.15) is 8.78 Å². The lowest BCUT2D eigenvalue weighted by atomic mass is 10.3. The van der Waals surface area contributed by atoms with E-state index in [1.54, 1.807) is 12.1 Å². The van der Waals surface area contributed by atoms with Crippen molar-refractivity contribution in [1.29, 1.82) is 0 Å². The highest BCUT2D eigenvalue weighted by molar-refractivity contribution is 9.10. The number of rotatable bonds is 3. The standard InChI is InChI=1S/C8H5BrCl2F2O/c9-5-1-3-6(4-2-5)14-8(12,13)7(10)11/h1-4,7H. The van der Waals surface area contributed by atoms with Gasteiger partial charge in [-0.3, -0.25) is 0 Å². The van der Waals surface area contributed by atoms with Crippen LogP contribution in [0.4, 0.5) is 8.78 Å². The fraction of sp³-hybridized carbons (Fsp3) is 0.250. The van der Waals surface area contributed by atoms with Crippen molar-refractivity contribution in [1.82, 2.24) is 0 Å². The monoisotopic (exact) mass is 304 g/mol. The summed E-state index contributed by atoms with van der Waals surface area (Å²) < 4.78 is 30.7. The first-order valence-corrected chi connectivity index (χ1v) is 5.19. The highest BCUT2D eigenvalue weighted by Gasteiger charge is 2.40. The zero-order valence-corrected chi connectivity index (χ0v) is 9.78. The van der Waals surface area contributed by atoms with Crippen LogP contribution in [0.15, 0.2) is 28.7 Å². The van der Waals surface area contributed by atoms with Crippen LogP contribution in [0.5, 0.6) is 5.75 Å². The summed E-state index contributed by atoms with van der Waals surface area (Å²) in [6.45, 7) is 0. The Morgan fingerprint density at radius 2 is 1.71 bits per heavy atom. The molecule has 1 aromatic carbocycles. The van der Waals surface area contributed by atoms with Crippen LogP contribution in [0.25, 0.3) is 0 Å². The molecule has 0 spiro atoms. The Morgan fingerprint density at radius 3 is 2.14 bits per heavy atom. The van der Waals surface area contributed by atoms with Crippen LogP contribution in [0.1, 0.15) is 0 Å². The minimum absolute atomic E-state index is 0.00417. The summed E-state index contributed by atoms with van der Waals surface area (Å²) in [6.07, 6.45) is -3.59. The van der Waals surface area contributed by atoms with Crippen LogP contribution in [0, 0.1) is 0 Å². The lowest BCUT2D eigenvalue weighted by molar-refractivity contribution is -0.163. The molecule has 0 saturated carbocycles. The molecule has 1 aromatic rings. The summed E-state index contributed by atoms with van der Waals surface area (Å²) in [5.41, 5.74) is 0. The molecule has 1 rings (SSSR count). The predicted molar refractivity (Wildman–Crippen MR) is 55.2 cm³/mol. The molecule has 0 amide bonds. The molecule has 0 aromatic heterocycles. The van der Waals surface area contributed by atoms with Crippen molar-refractivity contribution < 1.29 is 13.5 Å². The molecule has 6 heteroatoms. The summed E-state index contributed by atoms with van der Waals surface area (Å²) in [7, 11) is 0. The third kappa shape index (κ3) is 3.26. The van der Waals surface area contributed by atoms with E-state index in [1.807, 2.05) is 0 Å². The summed E-state index contributed by atoms with van der Waals surface area (Å²) in [5, 5.41) is 0. The van der Waals surface area contributed by atoms with E-state index in [2.05, 4.69) is 20.7 Å². The molecule has 0 aliphatic carbocycles. The Kier molecular flexibility index (Phi) is 3.98. The van der Waals surface area contributed by atoms with Crippen LogP contribution >= 0.6 is 39.1 Å². The van der Waals surface area contributed by atoms with E-state index in [-0.39, 0.29) is 5.75 Å². The molecule has 0 saturated heterocycles. The Labute approximate surface area is 98.1 Å². The van der Waals surface area contributed by atoms with E-state index in [1.165, 1.54) is 12.1 Å². The number of hydrogen-bond donors (Lipinski definition) is 0. The van der Waals surface area contributed by atoms with Crippen molar-refractivity contribution >= 4 is 39.1 Å². The summed E-state index contributed by atoms with van der Waals surface area (Å²) >= 11 is 13.2. The molecule has 0 radical (unpaired) electrons. The number of alkyl halides is 4. The number of benzene rings is 1. The lowest BCUT2D eigenvalue weighted by Gasteiger charge is -2.18. The van der Waals surface area contributed by atoms with Gasteiger partial charge in [0.15, 0.2) is 0 Å². The van der Waals surface area contributed by atoms with E-state index in [0.717, 1.165) is 4.47 Å². The molecule has 0 N–H and O–H groups in total. The van der Waals surface area contributed by atoms with Crippen molar-refractivity contribution in [2.75, 3.05) is 0 Å². The van der Waals surface area contributed by atoms with Crippen LogP contribution in [0.2, 0.25) is 0 Å². The number of ether oxygens (including phenoxy) is 1. The zero-order chi connectivity index (χ0) is 10.8. The summed E-state index contributed by atoms with van der Waals surface area (Å²) in [4.78, 5) is -1.90. The molecule has 0 atom stereocenters. The van der Waals surface area contributed by atoms with Crippen molar-refractivity contribution in [3.8, 4) is 5.75 Å². The van der Waals surface area contributed by atoms with E-state index in [4.69, 9.17) is 23.2 Å². The zero-order valence-electron chi connectivity index (χ0n) is 6.68. The van der Waals surface area contributed by atoms with Crippen molar-refractivity contribution in [3.05, 3.63) is 28.7 Å². The smallest absolute Gasteiger partial charge is 0.428 e. The van der Waals surface area contributed by atoms with Gasteiger partial charge in [0.05, 0.1) is 0 Å². The molecule has 0 heterocycles. The largest absolute Gasteiger partial charge is 0.431 e. The average Bonchev–Trinajstić information content (AvgIpc) is 2.08. The molecular weight excluding hydrogens is 301 g/mol. The molecule has 78 valence electrons. The first-order chi connectivity index (χ1) is 6.42. The fourth-order valence-electron chi connectivity index (χ4n) is 0.704. The third-order valence-electron chi connectivity index (χ3n) is 1.32. The quantitative estimate of drug-likeness (QED) is 0.760. The SMILES string of the molecule is FC(F)(Oc1ccc(Br)cc1)C(Cl)Cl. The van der Waals surface area contributed by atoms with E-state index >= 15 is 0 Å². The van der Waals surface area contributed by atoms with Gasteiger partial charge in [0.1, 0.15) is 5.75 Å². The van der Waals surface area contributed by atoms with Gasteiger partial charge in [0.25, 0.3) is 0 Å². The third-order valence-corrected chi connectivity index (χ3v) is 2.36. The lowest BCUT2D eigenvalue weighted by Crippen LogP contribution is -2.32. The van der Waals surface area contributed by atoms with Crippen molar-refractivity contribution in [2.24, 2.45) is 0 Å². The molecule has 1 nitrogen and oxygen atoms in total. The van der Waals surface area contributed by atoms with E-state index in [9.17, 15) is 8.78 Å². The van der Waals surface area contributed by atoms with Crippen LogP contribution in [-0.4, -0.2) is 10.9 Å². The summed E-state index contributed by atoms with van der Waals surface area (Å²) in [6, 6.07) is 5.91. The Bertz CT molecular complexity index is 303. The fourth-order valence-corrected chi connectivity index (χ4v) is 1.06. The highest BCUT2D eigenvalue weighted by atomic mass is 79.9. The minimum Gasteiger partial charge on any atom is -0.431 e. The topological polar surface area (TPSA) is 9.23 Å². The van der Waals surface area contributed by atoms with Crippen molar-refractivity contribution in [3.63, 3.8) is 0 Å². The van der Waals surface area contributed by atoms with Gasteiger partial charge in [-0.25, -0.2) is 0 Å². The average molecular weight is 306 g/mol. The first kappa shape index (κ1) is 12.0. The molecule has 0 aliphatic rings. The normalized spacial score (nSPS) is 11.9. The second-order valence-corrected chi connectivity index (χ2v) is 4.43. The summed E-state index contributed by atoms with van der Waals surface area (Å²) in [5.74, 6) is 0.00417. The van der Waals surface area contributed by atoms with Gasteiger partial charge in [-0.05, 0) is 24.3 Å². The van der Waals surface area contributed by atoms with Gasteiger partial charge >= 0.3 is 6.11 Å². The van der Waals surface area contributed by atoms with Crippen LogP contribution < -0.4 is 4.74 Å². The second-order valence-electron chi connectivity index (χ2n) is 2.42. The maximum absolute atomic E-state index is 12.8. The van der Waals surface area contributed by atoms with Gasteiger partial charge in [0.2, 0.25) is 4.84 Å². The maximum atomic E-state index is 12.8.